The van der Waals surface area contributed by atoms with Gasteiger partial charge in [-0.3, -0.25) is 14.4 Å². The minimum absolute atomic E-state index is 0.0219. The predicted octanol–water partition coefficient (Wildman–Crippen LogP) is 4.71. The highest BCUT2D eigenvalue weighted by atomic mass is 79.9. The highest BCUT2D eigenvalue weighted by molar-refractivity contribution is 9.09. The van der Waals surface area contributed by atoms with Crippen molar-refractivity contribution < 1.29 is 19.5 Å². The van der Waals surface area contributed by atoms with Gasteiger partial charge in [0.05, 0.1) is 16.6 Å². The second-order valence-electron chi connectivity index (χ2n) is 11.8. The summed E-state index contributed by atoms with van der Waals surface area (Å²) in [5.74, 6) is -1.33. The van der Waals surface area contributed by atoms with Gasteiger partial charge in [-0.1, -0.05) is 40.9 Å². The van der Waals surface area contributed by atoms with Gasteiger partial charge in [-0.2, -0.15) is 0 Å². The van der Waals surface area contributed by atoms with Crippen LogP contribution in [0.3, 0.4) is 0 Å². The fourth-order valence-electron chi connectivity index (χ4n) is 7.25. The van der Waals surface area contributed by atoms with Gasteiger partial charge < -0.3 is 24.7 Å². The highest BCUT2D eigenvalue weighted by Crippen LogP contribution is 2.68. The normalized spacial score (nSPS) is 27.2. The first-order valence-corrected chi connectivity index (χ1v) is 17.4. The van der Waals surface area contributed by atoms with E-state index in [0.29, 0.717) is 32.5 Å². The van der Waals surface area contributed by atoms with Gasteiger partial charge in [-0.05, 0) is 57.4 Å². The Morgan fingerprint density at radius 2 is 1.67 bits per heavy atom. The van der Waals surface area contributed by atoms with E-state index in [-0.39, 0.29) is 34.4 Å². The maximum atomic E-state index is 14.8. The summed E-state index contributed by atoms with van der Waals surface area (Å²) in [6.45, 7) is 15.1. The molecule has 3 aliphatic heterocycles. The van der Waals surface area contributed by atoms with Crippen molar-refractivity contribution in [2.75, 3.05) is 56.2 Å². The molecule has 3 saturated heterocycles. The molecule has 0 aromatic heterocycles. The number of likely N-dealkylation sites (N-methyl/N-ethyl adjacent to an activating group) is 1. The lowest BCUT2D eigenvalue weighted by atomic mass is 9.70. The fraction of sp³-hybridized carbons (Fsp3) is 0.606. The van der Waals surface area contributed by atoms with Gasteiger partial charge in [-0.15, -0.1) is 24.9 Å². The third-order valence-electron chi connectivity index (χ3n) is 9.26. The molecule has 1 aromatic carbocycles. The summed E-state index contributed by atoms with van der Waals surface area (Å²) in [6, 6.07) is 7.34. The molecular formula is C33H47BrN4O4S. The quantitative estimate of drug-likeness (QED) is 0.155. The largest absolute Gasteiger partial charge is 0.396 e. The molecular weight excluding hydrogens is 628 g/mol. The number of alkyl halides is 1. The maximum Gasteiger partial charge on any atom is 0.251 e. The van der Waals surface area contributed by atoms with Crippen molar-refractivity contribution in [3.8, 4) is 0 Å². The molecule has 3 fully saturated rings. The summed E-state index contributed by atoms with van der Waals surface area (Å²) in [4.78, 5) is 50.5. The number of halogens is 1. The Labute approximate surface area is 269 Å². The first-order valence-electron chi connectivity index (χ1n) is 15.6. The summed E-state index contributed by atoms with van der Waals surface area (Å²) < 4.78 is -0.700. The van der Waals surface area contributed by atoms with E-state index in [1.165, 1.54) is 0 Å². The molecule has 236 valence electrons. The average molecular weight is 676 g/mol. The topological polar surface area (TPSA) is 84.4 Å². The lowest BCUT2D eigenvalue weighted by Gasteiger charge is -2.38. The van der Waals surface area contributed by atoms with E-state index in [4.69, 9.17) is 0 Å². The van der Waals surface area contributed by atoms with E-state index >= 15 is 0 Å². The van der Waals surface area contributed by atoms with Gasteiger partial charge in [0.2, 0.25) is 11.8 Å². The molecule has 6 atom stereocenters. The number of anilines is 2. The molecule has 0 radical (unpaired) electrons. The number of aliphatic hydroxyl groups excluding tert-OH is 1. The number of amides is 3. The number of benzene rings is 1. The molecule has 8 nitrogen and oxygen atoms in total. The number of nitrogens with zero attached hydrogens (tertiary/aromatic N) is 4. The lowest BCUT2D eigenvalue weighted by molar-refractivity contribution is -0.143. The Morgan fingerprint density at radius 3 is 2.28 bits per heavy atom. The minimum atomic E-state index is -0.700. The van der Waals surface area contributed by atoms with Crippen molar-refractivity contribution >= 4 is 56.8 Å². The number of unbranched alkanes of at least 4 members (excludes halogenated alkanes) is 3. The number of thioether (sulfide) groups is 1. The van der Waals surface area contributed by atoms with E-state index in [1.807, 2.05) is 24.3 Å². The number of rotatable bonds is 16. The molecule has 3 unspecified atom stereocenters. The monoisotopic (exact) mass is 674 g/mol. The van der Waals surface area contributed by atoms with E-state index in [0.717, 1.165) is 43.7 Å². The Bertz CT molecular complexity index is 1180. The lowest BCUT2D eigenvalue weighted by Crippen LogP contribution is -2.56. The van der Waals surface area contributed by atoms with Crippen LogP contribution in [0.1, 0.15) is 46.0 Å². The molecule has 43 heavy (non-hydrogen) atoms. The number of hydrogen-bond acceptors (Lipinski definition) is 6. The van der Waals surface area contributed by atoms with Crippen molar-refractivity contribution in [3.63, 3.8) is 0 Å². The third-order valence-corrected chi connectivity index (χ3v) is 12.5. The van der Waals surface area contributed by atoms with E-state index in [9.17, 15) is 19.5 Å². The average Bonchev–Trinajstić information content (AvgIpc) is 3.59. The van der Waals surface area contributed by atoms with E-state index in [2.05, 4.69) is 47.8 Å². The molecule has 3 aliphatic rings. The van der Waals surface area contributed by atoms with Gasteiger partial charge in [-0.25, -0.2) is 0 Å². The second kappa shape index (κ2) is 14.7. The summed E-state index contributed by atoms with van der Waals surface area (Å²) >= 11 is 5.53. The molecule has 1 spiro atoms. The third kappa shape index (κ3) is 6.29. The van der Waals surface area contributed by atoms with Crippen LogP contribution in [0.4, 0.5) is 11.4 Å². The van der Waals surface area contributed by atoms with Gasteiger partial charge in [0, 0.05) is 67.8 Å². The molecule has 0 aliphatic carbocycles. The molecule has 3 amide bonds. The smallest absolute Gasteiger partial charge is 0.251 e. The Morgan fingerprint density at radius 1 is 1.05 bits per heavy atom. The number of fused-ring (bicyclic) bond motifs is 1. The van der Waals surface area contributed by atoms with Crippen molar-refractivity contribution in [1.82, 2.24) is 9.80 Å². The molecule has 1 aromatic rings. The number of carbonyl (C=O) groups is 3. The Kier molecular flexibility index (Phi) is 11.4. The number of likely N-dealkylation sites (tertiary alicyclic amines) is 1. The van der Waals surface area contributed by atoms with Gasteiger partial charge in [0.1, 0.15) is 6.04 Å². The first kappa shape index (κ1) is 33.6. The Balaban J connectivity index is 1.72. The van der Waals surface area contributed by atoms with Crippen LogP contribution < -0.4 is 9.80 Å². The van der Waals surface area contributed by atoms with E-state index < -0.39 is 22.6 Å². The van der Waals surface area contributed by atoms with Gasteiger partial charge in [0.25, 0.3) is 5.91 Å². The van der Waals surface area contributed by atoms with Crippen LogP contribution in [0.5, 0.6) is 0 Å². The molecule has 0 saturated carbocycles. The summed E-state index contributed by atoms with van der Waals surface area (Å²) in [7, 11) is 1.76. The predicted molar refractivity (Wildman–Crippen MR) is 180 cm³/mol. The van der Waals surface area contributed by atoms with Crippen molar-refractivity contribution in [2.24, 2.45) is 11.8 Å². The zero-order valence-corrected chi connectivity index (χ0v) is 28.2. The number of hydrogen-bond donors (Lipinski definition) is 1. The summed E-state index contributed by atoms with van der Waals surface area (Å²) in [5, 5.41) is 9.14. The second-order valence-corrected chi connectivity index (χ2v) is 14.5. The molecule has 10 heteroatoms. The number of aliphatic hydroxyl groups is 1. The van der Waals surface area contributed by atoms with Gasteiger partial charge in [0.15, 0.2) is 0 Å². The Hall–Kier alpha value is -2.30. The standard InChI is InChI=1S/C33H47BrN4O4S/c1-6-18-35(5)30(40)26-27-31(41)38(20-12-10-11-13-21-39)29(33(27)22-25(34)28(26)43-33)32(42)37(19-7-2)24-16-14-23(15-17-24)36(8-3)9-4/h6-7,14-17,25-29,39H,1-2,8-13,18-22H2,3-5H3/t25?,26-,27-,28-,29?,33?/m0/s1. The SMILES string of the molecule is C=CCN(C)C(=O)[C@H]1[C@H]2C(=O)N(CCCCCCO)C(C(=O)N(CC=C)c3ccc(N(CC)CC)cc3)C23CC(Br)[C@@H]1S3. The van der Waals surface area contributed by atoms with Crippen LogP contribution >= 0.6 is 27.7 Å². The zero-order valence-electron chi connectivity index (χ0n) is 25.8. The van der Waals surface area contributed by atoms with Crippen LogP contribution in [0, 0.1) is 11.8 Å². The van der Waals surface area contributed by atoms with Crippen molar-refractivity contribution in [3.05, 3.63) is 49.6 Å². The van der Waals surface area contributed by atoms with Crippen molar-refractivity contribution in [2.45, 2.75) is 66.8 Å². The minimum Gasteiger partial charge on any atom is -0.396 e. The summed E-state index contributed by atoms with van der Waals surface area (Å²) in [6.07, 6.45) is 7.24. The van der Waals surface area contributed by atoms with Crippen LogP contribution in [0.15, 0.2) is 49.6 Å². The fourth-order valence-corrected chi connectivity index (χ4v) is 10.8. The summed E-state index contributed by atoms with van der Waals surface area (Å²) in [5.41, 5.74) is 1.86. The van der Waals surface area contributed by atoms with E-state index in [1.54, 1.807) is 45.7 Å². The van der Waals surface area contributed by atoms with Crippen LogP contribution in [-0.4, -0.2) is 99.9 Å². The zero-order chi connectivity index (χ0) is 31.3. The maximum absolute atomic E-state index is 14.8. The highest BCUT2D eigenvalue weighted by Gasteiger charge is 2.75. The molecule has 3 heterocycles. The van der Waals surface area contributed by atoms with Crippen LogP contribution in [-0.2, 0) is 14.4 Å². The van der Waals surface area contributed by atoms with Crippen molar-refractivity contribution in [1.29, 1.82) is 0 Å². The van der Waals surface area contributed by atoms with Crippen LogP contribution in [0.25, 0.3) is 0 Å². The van der Waals surface area contributed by atoms with Gasteiger partial charge >= 0.3 is 0 Å². The molecule has 1 N–H and O–H groups in total. The molecule has 4 rings (SSSR count). The number of carbonyl (C=O) groups excluding carboxylic acids is 3. The molecule has 2 bridgehead atoms. The first-order chi connectivity index (χ1) is 20.7. The van der Waals surface area contributed by atoms with Crippen LogP contribution in [0.2, 0.25) is 0 Å².